The second-order valence-electron chi connectivity index (χ2n) is 4.14. The molecule has 0 aromatic rings. The van der Waals surface area contributed by atoms with E-state index in [9.17, 15) is 0 Å². The molecule has 3 aliphatic rings. The Balaban J connectivity index is 1.54. The average molecular weight is 224 g/mol. The van der Waals surface area contributed by atoms with Gasteiger partial charge in [0.1, 0.15) is 0 Å². The molecule has 2 saturated heterocycles. The molecule has 2 aliphatic heterocycles. The van der Waals surface area contributed by atoms with Gasteiger partial charge in [0.15, 0.2) is 12.6 Å². The lowest BCUT2D eigenvalue weighted by atomic mass is 9.97. The molecule has 0 radical (unpaired) electrons. The van der Waals surface area contributed by atoms with Crippen LogP contribution in [-0.4, -0.2) is 39.0 Å². The Morgan fingerprint density at radius 1 is 0.688 bits per heavy atom. The molecule has 2 heterocycles. The van der Waals surface area contributed by atoms with Crippen LogP contribution in [0, 0.1) is 0 Å². The van der Waals surface area contributed by atoms with Crippen LogP contribution in [-0.2, 0) is 18.9 Å². The van der Waals surface area contributed by atoms with E-state index in [1.165, 1.54) is 0 Å². The molecule has 0 spiro atoms. The van der Waals surface area contributed by atoms with E-state index in [0.717, 1.165) is 50.4 Å². The highest BCUT2D eigenvalue weighted by molar-refractivity contribution is 5.46. The quantitative estimate of drug-likeness (QED) is 0.710. The first kappa shape index (κ1) is 10.5. The first-order valence-electron chi connectivity index (χ1n) is 5.83. The van der Waals surface area contributed by atoms with Gasteiger partial charge in [0.25, 0.3) is 0 Å². The molecular weight excluding hydrogens is 208 g/mol. The van der Waals surface area contributed by atoms with Crippen LogP contribution in [0.15, 0.2) is 23.3 Å². The summed E-state index contributed by atoms with van der Waals surface area (Å²) < 4.78 is 22.0. The Morgan fingerprint density at radius 2 is 1.06 bits per heavy atom. The van der Waals surface area contributed by atoms with Gasteiger partial charge in [-0.15, -0.1) is 0 Å². The van der Waals surface area contributed by atoms with Gasteiger partial charge in [0, 0.05) is 11.1 Å². The fourth-order valence-corrected chi connectivity index (χ4v) is 2.00. The first-order valence-corrected chi connectivity index (χ1v) is 5.83. The fraction of sp³-hybridized carbons (Fsp3) is 0.667. The lowest BCUT2D eigenvalue weighted by Gasteiger charge is -2.31. The Kier molecular flexibility index (Phi) is 3.06. The van der Waals surface area contributed by atoms with Gasteiger partial charge in [0.05, 0.1) is 26.4 Å². The van der Waals surface area contributed by atoms with Gasteiger partial charge in [-0.25, -0.2) is 0 Å². The van der Waals surface area contributed by atoms with Crippen molar-refractivity contribution in [3.8, 4) is 0 Å². The van der Waals surface area contributed by atoms with Crippen molar-refractivity contribution < 1.29 is 18.9 Å². The van der Waals surface area contributed by atoms with Gasteiger partial charge in [-0.1, -0.05) is 0 Å². The summed E-state index contributed by atoms with van der Waals surface area (Å²) in [5, 5.41) is 0. The van der Waals surface area contributed by atoms with Crippen molar-refractivity contribution in [1.29, 1.82) is 0 Å². The van der Waals surface area contributed by atoms with Gasteiger partial charge >= 0.3 is 0 Å². The molecule has 0 unspecified atom stereocenters. The second-order valence-corrected chi connectivity index (χ2v) is 4.14. The lowest BCUT2D eigenvalue weighted by Crippen LogP contribution is -2.32. The van der Waals surface area contributed by atoms with Crippen LogP contribution in [0.1, 0.15) is 12.8 Å². The number of rotatable bonds is 2. The van der Waals surface area contributed by atoms with E-state index < -0.39 is 0 Å². The van der Waals surface area contributed by atoms with Crippen LogP contribution >= 0.6 is 0 Å². The van der Waals surface area contributed by atoms with Crippen LogP contribution in [0.4, 0.5) is 0 Å². The van der Waals surface area contributed by atoms with Crippen molar-refractivity contribution in [3.63, 3.8) is 0 Å². The molecule has 3 rings (SSSR count). The van der Waals surface area contributed by atoms with E-state index in [-0.39, 0.29) is 12.6 Å². The molecule has 0 aromatic heterocycles. The molecule has 0 N–H and O–H groups in total. The summed E-state index contributed by atoms with van der Waals surface area (Å²) in [6.07, 6.45) is 5.70. The molecule has 0 saturated carbocycles. The van der Waals surface area contributed by atoms with Gasteiger partial charge in [0.2, 0.25) is 0 Å². The Morgan fingerprint density at radius 3 is 1.44 bits per heavy atom. The minimum absolute atomic E-state index is 0.180. The topological polar surface area (TPSA) is 36.9 Å². The summed E-state index contributed by atoms with van der Waals surface area (Å²) in [6, 6.07) is 0. The molecule has 2 fully saturated rings. The summed E-state index contributed by atoms with van der Waals surface area (Å²) in [7, 11) is 0. The molecule has 0 bridgehead atoms. The fourth-order valence-electron chi connectivity index (χ4n) is 2.00. The van der Waals surface area contributed by atoms with E-state index in [4.69, 9.17) is 18.9 Å². The van der Waals surface area contributed by atoms with Gasteiger partial charge in [-0.2, -0.15) is 0 Å². The highest BCUT2D eigenvalue weighted by Gasteiger charge is 2.27. The lowest BCUT2D eigenvalue weighted by molar-refractivity contribution is -0.161. The first-order chi connectivity index (χ1) is 7.93. The van der Waals surface area contributed by atoms with E-state index in [1.807, 2.05) is 12.2 Å². The maximum Gasteiger partial charge on any atom is 0.183 e. The minimum atomic E-state index is -0.180. The smallest absolute Gasteiger partial charge is 0.183 e. The van der Waals surface area contributed by atoms with Crippen LogP contribution < -0.4 is 0 Å². The van der Waals surface area contributed by atoms with E-state index >= 15 is 0 Å². The van der Waals surface area contributed by atoms with Gasteiger partial charge < -0.3 is 18.9 Å². The molecule has 88 valence electrons. The largest absolute Gasteiger partial charge is 0.348 e. The maximum absolute atomic E-state index is 5.50. The third-order valence-corrected chi connectivity index (χ3v) is 2.87. The molecule has 1 aliphatic carbocycles. The van der Waals surface area contributed by atoms with Crippen LogP contribution in [0.5, 0.6) is 0 Å². The summed E-state index contributed by atoms with van der Waals surface area (Å²) in [6.45, 7) is 3.12. The van der Waals surface area contributed by atoms with E-state index in [2.05, 4.69) is 0 Å². The van der Waals surface area contributed by atoms with Crippen molar-refractivity contribution in [2.75, 3.05) is 26.4 Å². The molecule has 16 heavy (non-hydrogen) atoms. The van der Waals surface area contributed by atoms with Crippen LogP contribution in [0.2, 0.25) is 0 Å². The summed E-state index contributed by atoms with van der Waals surface area (Å²) in [4.78, 5) is 0. The Labute approximate surface area is 94.8 Å². The summed E-state index contributed by atoms with van der Waals surface area (Å²) >= 11 is 0. The van der Waals surface area contributed by atoms with Crippen LogP contribution in [0.25, 0.3) is 0 Å². The maximum atomic E-state index is 5.50. The molecule has 0 amide bonds. The zero-order chi connectivity index (χ0) is 10.8. The zero-order valence-electron chi connectivity index (χ0n) is 9.19. The summed E-state index contributed by atoms with van der Waals surface area (Å²) in [5.41, 5.74) is 2.18. The number of hydrogen-bond acceptors (Lipinski definition) is 4. The minimum Gasteiger partial charge on any atom is -0.348 e. The normalized spacial score (nSPS) is 28.2. The van der Waals surface area contributed by atoms with Crippen molar-refractivity contribution in [2.45, 2.75) is 25.4 Å². The Hall–Kier alpha value is -0.680. The second kappa shape index (κ2) is 4.67. The third kappa shape index (κ3) is 2.06. The van der Waals surface area contributed by atoms with Crippen molar-refractivity contribution in [2.24, 2.45) is 0 Å². The molecule has 4 nitrogen and oxygen atoms in total. The molecular formula is C12H16O4. The predicted octanol–water partition coefficient (Wildman–Crippen LogP) is 1.38. The molecule has 0 aromatic carbocycles. The van der Waals surface area contributed by atoms with Crippen LogP contribution in [0.3, 0.4) is 0 Å². The van der Waals surface area contributed by atoms with Crippen molar-refractivity contribution in [3.05, 3.63) is 23.3 Å². The Bertz CT molecular complexity index is 271. The number of ether oxygens (including phenoxy) is 4. The molecule has 0 atom stereocenters. The zero-order valence-corrected chi connectivity index (χ0v) is 9.19. The van der Waals surface area contributed by atoms with Gasteiger partial charge in [-0.3, -0.25) is 0 Å². The van der Waals surface area contributed by atoms with Crippen molar-refractivity contribution in [1.82, 2.24) is 0 Å². The third-order valence-electron chi connectivity index (χ3n) is 2.87. The van der Waals surface area contributed by atoms with E-state index in [1.54, 1.807) is 0 Å². The highest BCUT2D eigenvalue weighted by atomic mass is 16.7. The monoisotopic (exact) mass is 224 g/mol. The standard InChI is InChI=1S/C12H16O4/c1-3-13-11(14-4-1)9-7-10(8-9)12-15-5-2-6-16-12/h7-8,11-12H,1-6H2. The van der Waals surface area contributed by atoms with E-state index in [0.29, 0.717) is 0 Å². The number of hydrogen-bond donors (Lipinski definition) is 0. The van der Waals surface area contributed by atoms with Crippen molar-refractivity contribution >= 4 is 0 Å². The molecule has 4 heteroatoms. The SMILES string of the molecule is C1=C(C2OCCCO2)C=C1C1OCCCO1. The average Bonchev–Trinajstić information content (AvgIpc) is 2.30. The summed E-state index contributed by atoms with van der Waals surface area (Å²) in [5.74, 6) is 0. The highest BCUT2D eigenvalue weighted by Crippen LogP contribution is 2.29. The predicted molar refractivity (Wildman–Crippen MR) is 56.8 cm³/mol. The van der Waals surface area contributed by atoms with Gasteiger partial charge in [-0.05, 0) is 25.0 Å².